The van der Waals surface area contributed by atoms with E-state index in [0.29, 0.717) is 6.42 Å². The van der Waals surface area contributed by atoms with E-state index in [-0.39, 0.29) is 18.4 Å². The highest BCUT2D eigenvalue weighted by Crippen LogP contribution is 2.26. The minimum absolute atomic E-state index is 0.196. The predicted octanol–water partition coefficient (Wildman–Crippen LogP) is 1.79. The third-order valence-electron chi connectivity index (χ3n) is 2.85. The zero-order chi connectivity index (χ0) is 9.68. The number of carboxylic acids is 1. The summed E-state index contributed by atoms with van der Waals surface area (Å²) in [5.41, 5.74) is 0. The lowest BCUT2D eigenvalue weighted by Gasteiger charge is -2.18. The van der Waals surface area contributed by atoms with Crippen LogP contribution in [0.25, 0.3) is 0 Å². The van der Waals surface area contributed by atoms with Gasteiger partial charge in [-0.25, -0.2) is 0 Å². The molecule has 1 saturated carbocycles. The van der Waals surface area contributed by atoms with Crippen LogP contribution in [-0.4, -0.2) is 22.3 Å². The van der Waals surface area contributed by atoms with E-state index in [2.05, 4.69) is 0 Å². The molecule has 0 radical (unpaired) electrons. The van der Waals surface area contributed by atoms with Gasteiger partial charge in [0.15, 0.2) is 0 Å². The number of carboxylic acid groups (broad SMARTS) is 1. The molecule has 0 aromatic heterocycles. The fourth-order valence-electron chi connectivity index (χ4n) is 2.01. The Bertz CT molecular complexity index is 168. The fraction of sp³-hybridized carbons (Fsp3) is 0.900. The second kappa shape index (κ2) is 5.22. The van der Waals surface area contributed by atoms with Gasteiger partial charge < -0.3 is 10.2 Å². The van der Waals surface area contributed by atoms with Gasteiger partial charge in [-0.2, -0.15) is 0 Å². The van der Waals surface area contributed by atoms with Gasteiger partial charge in [-0.15, -0.1) is 0 Å². The van der Waals surface area contributed by atoms with Gasteiger partial charge >= 0.3 is 5.97 Å². The first-order valence-corrected chi connectivity index (χ1v) is 5.10. The highest BCUT2D eigenvalue weighted by atomic mass is 16.4. The van der Waals surface area contributed by atoms with Gasteiger partial charge in [-0.05, 0) is 25.2 Å². The van der Waals surface area contributed by atoms with E-state index in [1.807, 2.05) is 0 Å². The molecule has 2 N–H and O–H groups in total. The number of hydrogen-bond acceptors (Lipinski definition) is 2. The number of rotatable bonds is 3. The maximum atomic E-state index is 10.4. The summed E-state index contributed by atoms with van der Waals surface area (Å²) in [6.07, 6.45) is 5.82. The summed E-state index contributed by atoms with van der Waals surface area (Å²) in [7, 11) is 0. The Morgan fingerprint density at radius 2 is 1.92 bits per heavy atom. The van der Waals surface area contributed by atoms with Crippen LogP contribution in [-0.2, 0) is 4.79 Å². The first-order valence-electron chi connectivity index (χ1n) is 5.10. The van der Waals surface area contributed by atoms with Crippen molar-refractivity contribution < 1.29 is 15.0 Å². The molecule has 0 unspecified atom stereocenters. The number of aliphatic hydroxyl groups excluding tert-OH is 1. The summed E-state index contributed by atoms with van der Waals surface area (Å²) in [6.45, 7) is 0. The Kier molecular flexibility index (Phi) is 4.22. The Hall–Kier alpha value is -0.570. The van der Waals surface area contributed by atoms with Crippen LogP contribution in [0, 0.1) is 5.92 Å². The number of hydrogen-bond donors (Lipinski definition) is 2. The summed E-state index contributed by atoms with van der Waals surface area (Å²) >= 11 is 0. The van der Waals surface area contributed by atoms with E-state index in [4.69, 9.17) is 5.11 Å². The molecule has 3 heteroatoms. The zero-order valence-electron chi connectivity index (χ0n) is 7.91. The highest BCUT2D eigenvalue weighted by molar-refractivity contribution is 5.66. The van der Waals surface area contributed by atoms with Crippen molar-refractivity contribution in [3.63, 3.8) is 0 Å². The predicted molar refractivity (Wildman–Crippen MR) is 49.5 cm³/mol. The van der Waals surface area contributed by atoms with Gasteiger partial charge in [0.25, 0.3) is 0 Å². The van der Waals surface area contributed by atoms with Crippen molar-refractivity contribution in [1.29, 1.82) is 0 Å². The summed E-state index contributed by atoms with van der Waals surface area (Å²) in [5, 5.41) is 18.2. The third-order valence-corrected chi connectivity index (χ3v) is 2.85. The minimum atomic E-state index is -0.753. The Morgan fingerprint density at radius 1 is 1.23 bits per heavy atom. The fourth-order valence-corrected chi connectivity index (χ4v) is 2.01. The summed E-state index contributed by atoms with van der Waals surface area (Å²) in [5.74, 6) is -0.532. The van der Waals surface area contributed by atoms with Gasteiger partial charge in [0, 0.05) is 6.42 Å². The van der Waals surface area contributed by atoms with Crippen molar-refractivity contribution in [1.82, 2.24) is 0 Å². The van der Waals surface area contributed by atoms with Gasteiger partial charge in [0.1, 0.15) is 0 Å². The summed E-state index contributed by atoms with van der Waals surface area (Å²) in [4.78, 5) is 10.4. The zero-order valence-corrected chi connectivity index (χ0v) is 7.91. The Balaban J connectivity index is 2.31. The van der Waals surface area contributed by atoms with Crippen LogP contribution in [0.4, 0.5) is 0 Å². The molecule has 0 saturated heterocycles. The Labute approximate surface area is 78.8 Å². The minimum Gasteiger partial charge on any atom is -0.481 e. The molecule has 0 aliphatic heterocycles. The van der Waals surface area contributed by atoms with Crippen molar-refractivity contribution >= 4 is 5.97 Å². The first-order chi connectivity index (χ1) is 6.20. The van der Waals surface area contributed by atoms with Gasteiger partial charge in [-0.1, -0.05) is 19.3 Å². The van der Waals surface area contributed by atoms with Gasteiger partial charge in [0.05, 0.1) is 6.10 Å². The van der Waals surface area contributed by atoms with Crippen molar-refractivity contribution in [2.24, 2.45) is 5.92 Å². The number of aliphatic carboxylic acids is 1. The van der Waals surface area contributed by atoms with Gasteiger partial charge in [0.2, 0.25) is 0 Å². The van der Waals surface area contributed by atoms with Crippen molar-refractivity contribution in [2.45, 2.75) is 51.0 Å². The quantitative estimate of drug-likeness (QED) is 0.661. The molecule has 13 heavy (non-hydrogen) atoms. The topological polar surface area (TPSA) is 57.5 Å². The molecule has 1 rings (SSSR count). The molecule has 0 spiro atoms. The SMILES string of the molecule is O=C(O)CC[C@H]1CCCCC[C@H]1O. The van der Waals surface area contributed by atoms with Crippen molar-refractivity contribution in [2.75, 3.05) is 0 Å². The lowest BCUT2D eigenvalue weighted by Crippen LogP contribution is -2.19. The maximum absolute atomic E-state index is 10.4. The highest BCUT2D eigenvalue weighted by Gasteiger charge is 2.21. The molecule has 3 nitrogen and oxygen atoms in total. The van der Waals surface area contributed by atoms with Crippen LogP contribution in [0.2, 0.25) is 0 Å². The average molecular weight is 186 g/mol. The molecule has 1 fully saturated rings. The lowest BCUT2D eigenvalue weighted by atomic mass is 9.92. The van der Waals surface area contributed by atoms with E-state index in [0.717, 1.165) is 25.7 Å². The molecule has 76 valence electrons. The number of aliphatic hydroxyl groups is 1. The largest absolute Gasteiger partial charge is 0.481 e. The molecule has 1 aliphatic carbocycles. The molecule has 0 bridgehead atoms. The maximum Gasteiger partial charge on any atom is 0.303 e. The monoisotopic (exact) mass is 186 g/mol. The number of carbonyl (C=O) groups is 1. The summed E-state index contributed by atoms with van der Waals surface area (Å²) < 4.78 is 0. The second-order valence-corrected chi connectivity index (χ2v) is 3.90. The van der Waals surface area contributed by atoms with Crippen LogP contribution >= 0.6 is 0 Å². The standard InChI is InChI=1S/C10H18O3/c11-9-5-3-1-2-4-8(9)6-7-10(12)13/h8-9,11H,1-7H2,(H,12,13)/t8-,9-/m1/s1. The third kappa shape index (κ3) is 3.77. The van der Waals surface area contributed by atoms with Crippen molar-refractivity contribution in [3.05, 3.63) is 0 Å². The van der Waals surface area contributed by atoms with Crippen LogP contribution in [0.5, 0.6) is 0 Å². The molecule has 2 atom stereocenters. The van der Waals surface area contributed by atoms with E-state index >= 15 is 0 Å². The van der Waals surface area contributed by atoms with E-state index in [1.54, 1.807) is 0 Å². The van der Waals surface area contributed by atoms with Crippen molar-refractivity contribution in [3.8, 4) is 0 Å². The molecule has 0 heterocycles. The Morgan fingerprint density at radius 3 is 2.62 bits per heavy atom. The van der Waals surface area contributed by atoms with Crippen LogP contribution in [0.3, 0.4) is 0 Å². The molecule has 0 amide bonds. The van der Waals surface area contributed by atoms with E-state index in [1.165, 1.54) is 6.42 Å². The smallest absolute Gasteiger partial charge is 0.303 e. The van der Waals surface area contributed by atoms with Crippen LogP contribution in [0.15, 0.2) is 0 Å². The average Bonchev–Trinajstić information content (AvgIpc) is 2.27. The second-order valence-electron chi connectivity index (χ2n) is 3.90. The molecule has 0 aromatic rings. The van der Waals surface area contributed by atoms with E-state index in [9.17, 15) is 9.90 Å². The van der Waals surface area contributed by atoms with Gasteiger partial charge in [-0.3, -0.25) is 4.79 Å². The van der Waals surface area contributed by atoms with Crippen LogP contribution in [0.1, 0.15) is 44.9 Å². The molecular formula is C10H18O3. The van der Waals surface area contributed by atoms with Crippen LogP contribution < -0.4 is 0 Å². The normalized spacial score (nSPS) is 29.6. The molecule has 0 aromatic carbocycles. The first kappa shape index (κ1) is 10.5. The summed E-state index contributed by atoms with van der Waals surface area (Å²) in [6, 6.07) is 0. The van der Waals surface area contributed by atoms with E-state index < -0.39 is 5.97 Å². The molecule has 1 aliphatic rings. The molecular weight excluding hydrogens is 168 g/mol. The lowest BCUT2D eigenvalue weighted by molar-refractivity contribution is -0.137.